The van der Waals surface area contributed by atoms with Gasteiger partial charge in [0.05, 0.1) is 0 Å². The number of carbonyl (C=O) groups is 2. The van der Waals surface area contributed by atoms with E-state index in [-0.39, 0.29) is 12.5 Å². The third-order valence-corrected chi connectivity index (χ3v) is 3.95. The molecule has 1 aromatic rings. The van der Waals surface area contributed by atoms with Crippen LogP contribution in [0.3, 0.4) is 0 Å². The molecule has 1 saturated heterocycles. The molecule has 0 aliphatic carbocycles. The lowest BCUT2D eigenvalue weighted by Crippen LogP contribution is -2.49. The van der Waals surface area contributed by atoms with Gasteiger partial charge in [0.15, 0.2) is 6.29 Å². The van der Waals surface area contributed by atoms with Crippen molar-refractivity contribution in [3.05, 3.63) is 35.9 Å². The van der Waals surface area contributed by atoms with Gasteiger partial charge in [-0.3, -0.25) is 0 Å². The molecule has 2 atom stereocenters. The van der Waals surface area contributed by atoms with E-state index >= 15 is 0 Å². The van der Waals surface area contributed by atoms with E-state index in [9.17, 15) is 14.7 Å². The molecule has 1 amide bonds. The first-order valence-electron chi connectivity index (χ1n) is 7.17. The van der Waals surface area contributed by atoms with Gasteiger partial charge in [-0.1, -0.05) is 30.3 Å². The Labute approximate surface area is 124 Å². The quantitative estimate of drug-likeness (QED) is 0.861. The molecule has 5 nitrogen and oxygen atoms in total. The van der Waals surface area contributed by atoms with Crippen LogP contribution in [0.2, 0.25) is 0 Å². The number of nitrogens with zero attached hydrogens (tertiary/aromatic N) is 1. The fourth-order valence-electron chi connectivity index (χ4n) is 2.53. The standard InChI is InChI=1S/C16H21NO4/c1-16(20,12-18)14-8-5-9-17(10-14)15(19)21-11-13-6-3-2-4-7-13/h2-4,6-7,12,14,20H,5,8-11H2,1H3/t14-,16+/m0/s1. The van der Waals surface area contributed by atoms with Crippen molar-refractivity contribution in [3.8, 4) is 0 Å². The average Bonchev–Trinajstić information content (AvgIpc) is 2.53. The molecule has 21 heavy (non-hydrogen) atoms. The summed E-state index contributed by atoms with van der Waals surface area (Å²) in [4.78, 5) is 24.6. The predicted octanol–water partition coefficient (Wildman–Crippen LogP) is 1.99. The van der Waals surface area contributed by atoms with Crippen LogP contribution in [0.15, 0.2) is 30.3 Å². The van der Waals surface area contributed by atoms with Gasteiger partial charge in [0.1, 0.15) is 12.2 Å². The molecule has 2 rings (SSSR count). The minimum Gasteiger partial charge on any atom is -0.445 e. The first-order chi connectivity index (χ1) is 10.0. The lowest BCUT2D eigenvalue weighted by Gasteiger charge is -2.37. The maximum atomic E-state index is 12.1. The van der Waals surface area contributed by atoms with E-state index in [1.54, 1.807) is 4.90 Å². The van der Waals surface area contributed by atoms with Gasteiger partial charge in [-0.2, -0.15) is 0 Å². The van der Waals surface area contributed by atoms with Gasteiger partial charge in [0.25, 0.3) is 0 Å². The smallest absolute Gasteiger partial charge is 0.410 e. The summed E-state index contributed by atoms with van der Waals surface area (Å²) in [7, 11) is 0. The number of aliphatic hydroxyl groups is 1. The molecule has 0 bridgehead atoms. The van der Waals surface area contributed by atoms with Crippen molar-refractivity contribution in [1.82, 2.24) is 4.90 Å². The predicted molar refractivity (Wildman–Crippen MR) is 77.6 cm³/mol. The summed E-state index contributed by atoms with van der Waals surface area (Å²) in [6.07, 6.45) is 1.64. The van der Waals surface area contributed by atoms with Crippen LogP contribution in [-0.2, 0) is 16.1 Å². The lowest BCUT2D eigenvalue weighted by atomic mass is 9.84. The molecule has 114 valence electrons. The Balaban J connectivity index is 1.89. The number of amides is 1. The molecule has 0 aromatic heterocycles. The number of rotatable bonds is 4. The highest BCUT2D eigenvalue weighted by molar-refractivity contribution is 5.68. The molecule has 5 heteroatoms. The third kappa shape index (κ3) is 4.04. The van der Waals surface area contributed by atoms with E-state index < -0.39 is 11.7 Å². The molecule has 0 unspecified atom stereocenters. The van der Waals surface area contributed by atoms with Crippen molar-refractivity contribution in [1.29, 1.82) is 0 Å². The minimum absolute atomic E-state index is 0.227. The zero-order valence-electron chi connectivity index (χ0n) is 12.2. The van der Waals surface area contributed by atoms with Gasteiger partial charge in [-0.05, 0) is 25.3 Å². The summed E-state index contributed by atoms with van der Waals surface area (Å²) in [6, 6.07) is 9.47. The Kier molecular flexibility index (Phi) is 4.96. The molecule has 0 spiro atoms. The second-order valence-corrected chi connectivity index (χ2v) is 5.67. The van der Waals surface area contributed by atoms with E-state index in [1.165, 1.54) is 6.92 Å². The maximum Gasteiger partial charge on any atom is 0.410 e. The van der Waals surface area contributed by atoms with E-state index in [1.807, 2.05) is 30.3 Å². The zero-order chi connectivity index (χ0) is 15.3. The van der Waals surface area contributed by atoms with Crippen LogP contribution in [0.1, 0.15) is 25.3 Å². The van der Waals surface area contributed by atoms with E-state index in [4.69, 9.17) is 4.74 Å². The zero-order valence-corrected chi connectivity index (χ0v) is 12.2. The number of carbonyl (C=O) groups excluding carboxylic acids is 2. The van der Waals surface area contributed by atoms with Crippen LogP contribution in [0.4, 0.5) is 4.79 Å². The summed E-state index contributed by atoms with van der Waals surface area (Å²) in [5.74, 6) is -0.243. The summed E-state index contributed by atoms with van der Waals surface area (Å²) in [5, 5.41) is 10.0. The number of hydrogen-bond donors (Lipinski definition) is 1. The number of hydrogen-bond acceptors (Lipinski definition) is 4. The topological polar surface area (TPSA) is 66.8 Å². The second-order valence-electron chi connectivity index (χ2n) is 5.67. The monoisotopic (exact) mass is 291 g/mol. The normalized spacial score (nSPS) is 21.4. The average molecular weight is 291 g/mol. The first kappa shape index (κ1) is 15.5. The lowest BCUT2D eigenvalue weighted by molar-refractivity contribution is -0.129. The van der Waals surface area contributed by atoms with Gasteiger partial charge >= 0.3 is 6.09 Å². The van der Waals surface area contributed by atoms with Gasteiger partial charge in [-0.25, -0.2) is 4.79 Å². The van der Waals surface area contributed by atoms with Crippen molar-refractivity contribution in [2.24, 2.45) is 5.92 Å². The molecule has 1 heterocycles. The Hall–Kier alpha value is -1.88. The number of likely N-dealkylation sites (tertiary alicyclic amines) is 1. The van der Waals surface area contributed by atoms with Crippen molar-refractivity contribution < 1.29 is 19.4 Å². The van der Waals surface area contributed by atoms with Crippen LogP contribution in [0, 0.1) is 5.92 Å². The van der Waals surface area contributed by atoms with Gasteiger partial charge in [-0.15, -0.1) is 0 Å². The van der Waals surface area contributed by atoms with Crippen LogP contribution in [-0.4, -0.2) is 41.1 Å². The molecule has 1 aromatic carbocycles. The van der Waals surface area contributed by atoms with Gasteiger partial charge in [0.2, 0.25) is 0 Å². The van der Waals surface area contributed by atoms with Crippen LogP contribution >= 0.6 is 0 Å². The largest absolute Gasteiger partial charge is 0.445 e. The summed E-state index contributed by atoms with van der Waals surface area (Å²) in [6.45, 7) is 2.66. The van der Waals surface area contributed by atoms with Gasteiger partial charge in [0, 0.05) is 19.0 Å². The van der Waals surface area contributed by atoms with E-state index in [2.05, 4.69) is 0 Å². The highest BCUT2D eigenvalue weighted by Crippen LogP contribution is 2.26. The molecule has 0 radical (unpaired) electrons. The summed E-state index contributed by atoms with van der Waals surface area (Å²) >= 11 is 0. The number of benzene rings is 1. The molecule has 1 aliphatic rings. The van der Waals surface area contributed by atoms with Crippen LogP contribution in [0.25, 0.3) is 0 Å². The SMILES string of the molecule is C[C@@](O)(C=O)[C@H]1CCCN(C(=O)OCc2ccccc2)C1. The van der Waals surface area contributed by atoms with Crippen LogP contribution in [0.5, 0.6) is 0 Å². The Morgan fingerprint density at radius 3 is 2.86 bits per heavy atom. The minimum atomic E-state index is -1.39. The van der Waals surface area contributed by atoms with Crippen molar-refractivity contribution >= 4 is 12.4 Å². The van der Waals surface area contributed by atoms with Gasteiger partial charge < -0.3 is 19.5 Å². The molecule has 1 N–H and O–H groups in total. The molecule has 1 aliphatic heterocycles. The third-order valence-electron chi connectivity index (χ3n) is 3.95. The highest BCUT2D eigenvalue weighted by Gasteiger charge is 2.36. The Morgan fingerprint density at radius 1 is 1.48 bits per heavy atom. The molecular weight excluding hydrogens is 270 g/mol. The number of aldehydes is 1. The summed E-state index contributed by atoms with van der Waals surface area (Å²) in [5.41, 5.74) is -0.461. The fourth-order valence-corrected chi connectivity index (χ4v) is 2.53. The second kappa shape index (κ2) is 6.72. The Morgan fingerprint density at radius 2 is 2.19 bits per heavy atom. The number of ether oxygens (including phenoxy) is 1. The van der Waals surface area contributed by atoms with Crippen molar-refractivity contribution in [2.75, 3.05) is 13.1 Å². The molecule has 1 fully saturated rings. The first-order valence-corrected chi connectivity index (χ1v) is 7.17. The van der Waals surface area contributed by atoms with E-state index in [0.29, 0.717) is 19.4 Å². The van der Waals surface area contributed by atoms with Crippen molar-refractivity contribution in [2.45, 2.75) is 32.0 Å². The fraction of sp³-hybridized carbons (Fsp3) is 0.500. The summed E-state index contributed by atoms with van der Waals surface area (Å²) < 4.78 is 5.28. The maximum absolute atomic E-state index is 12.1. The highest BCUT2D eigenvalue weighted by atomic mass is 16.6. The van der Waals surface area contributed by atoms with Crippen LogP contribution < -0.4 is 0 Å². The molecular formula is C16H21NO4. The Bertz CT molecular complexity index is 486. The van der Waals surface area contributed by atoms with E-state index in [0.717, 1.165) is 18.4 Å². The number of piperidine rings is 1. The molecule has 0 saturated carbocycles. The van der Waals surface area contributed by atoms with Crippen molar-refractivity contribution in [3.63, 3.8) is 0 Å².